The van der Waals surface area contributed by atoms with E-state index in [1.165, 1.54) is 13.4 Å². The molecule has 2 rings (SSSR count). The molecule has 0 radical (unpaired) electrons. The summed E-state index contributed by atoms with van der Waals surface area (Å²) >= 11 is 3.34. The maximum absolute atomic E-state index is 10.7. The molecular weight excluding hydrogens is 302 g/mol. The van der Waals surface area contributed by atoms with E-state index in [0.29, 0.717) is 28.1 Å². The lowest BCUT2D eigenvalue weighted by Gasteiger charge is -2.12. The van der Waals surface area contributed by atoms with Crippen molar-refractivity contribution >= 4 is 22.2 Å². The topological polar surface area (TPSA) is 61.6 Å². The van der Waals surface area contributed by atoms with Crippen LogP contribution < -0.4 is 9.47 Å². The highest BCUT2D eigenvalue weighted by Crippen LogP contribution is 2.36. The molecule has 0 atom stereocenters. The molecule has 0 aliphatic heterocycles. The van der Waals surface area contributed by atoms with Crippen LogP contribution >= 0.6 is 15.9 Å². The number of rotatable bonds is 5. The van der Waals surface area contributed by atoms with E-state index >= 15 is 0 Å². The van der Waals surface area contributed by atoms with Crippen LogP contribution in [0.1, 0.15) is 15.9 Å². The first kappa shape index (κ1) is 12.6. The summed E-state index contributed by atoms with van der Waals surface area (Å²) in [7, 11) is 1.52. The van der Waals surface area contributed by atoms with Crippen LogP contribution in [0.3, 0.4) is 0 Å². The Hall–Kier alpha value is -1.82. The fraction of sp³-hybridized carbons (Fsp3) is 0.167. The minimum Gasteiger partial charge on any atom is -0.493 e. The van der Waals surface area contributed by atoms with Gasteiger partial charge in [0.05, 0.1) is 17.8 Å². The zero-order chi connectivity index (χ0) is 13.0. The highest BCUT2D eigenvalue weighted by molar-refractivity contribution is 9.10. The molecule has 1 aromatic carbocycles. The largest absolute Gasteiger partial charge is 0.493 e. The number of hydrogen-bond donors (Lipinski definition) is 0. The Labute approximate surface area is 112 Å². The minimum atomic E-state index is 0.304. The average molecular weight is 312 g/mol. The van der Waals surface area contributed by atoms with E-state index < -0.39 is 0 Å². The van der Waals surface area contributed by atoms with Gasteiger partial charge in [-0.1, -0.05) is 5.16 Å². The predicted octanol–water partition coefficient (Wildman–Crippen LogP) is 2.84. The summed E-state index contributed by atoms with van der Waals surface area (Å²) in [5.41, 5.74) is 1.32. The Bertz CT molecular complexity index is 539. The second kappa shape index (κ2) is 5.68. The first-order chi connectivity index (χ1) is 8.74. The monoisotopic (exact) mass is 311 g/mol. The number of aldehydes is 1. The number of aromatic nitrogens is 1. The van der Waals surface area contributed by atoms with Crippen molar-refractivity contribution in [2.24, 2.45) is 0 Å². The molecule has 6 heteroatoms. The second-order valence-electron chi connectivity index (χ2n) is 3.47. The number of benzene rings is 1. The van der Waals surface area contributed by atoms with Crippen LogP contribution in [0.2, 0.25) is 0 Å². The first-order valence-electron chi connectivity index (χ1n) is 5.08. The number of hydrogen-bond acceptors (Lipinski definition) is 5. The maximum atomic E-state index is 10.7. The van der Waals surface area contributed by atoms with Gasteiger partial charge in [-0.15, -0.1) is 0 Å². The van der Waals surface area contributed by atoms with Gasteiger partial charge < -0.3 is 14.0 Å². The van der Waals surface area contributed by atoms with Crippen molar-refractivity contribution in [2.75, 3.05) is 7.11 Å². The van der Waals surface area contributed by atoms with E-state index in [4.69, 9.17) is 14.0 Å². The van der Waals surface area contributed by atoms with Crippen molar-refractivity contribution in [2.45, 2.75) is 6.61 Å². The second-order valence-corrected chi connectivity index (χ2v) is 4.33. The third-order valence-electron chi connectivity index (χ3n) is 2.25. The standard InChI is InChI=1S/C12H10BrNO4/c1-16-11-3-8(5-15)2-10(13)12(11)17-6-9-4-14-18-7-9/h2-5,7H,6H2,1H3. The zero-order valence-corrected chi connectivity index (χ0v) is 11.1. The molecule has 0 saturated heterocycles. The molecule has 0 amide bonds. The van der Waals surface area contributed by atoms with Gasteiger partial charge in [0.1, 0.15) is 19.2 Å². The van der Waals surface area contributed by atoms with E-state index in [2.05, 4.69) is 21.1 Å². The van der Waals surface area contributed by atoms with Crippen LogP contribution in [0.25, 0.3) is 0 Å². The zero-order valence-electron chi connectivity index (χ0n) is 9.55. The number of halogens is 1. The van der Waals surface area contributed by atoms with Crippen LogP contribution in [0.15, 0.2) is 33.6 Å². The fourth-order valence-corrected chi connectivity index (χ4v) is 1.98. The number of carbonyl (C=O) groups excluding carboxylic acids is 1. The SMILES string of the molecule is COc1cc(C=O)cc(Br)c1OCc1cnoc1. The molecule has 0 unspecified atom stereocenters. The summed E-state index contributed by atoms with van der Waals surface area (Å²) in [6.07, 6.45) is 3.82. The summed E-state index contributed by atoms with van der Waals surface area (Å²) in [6.45, 7) is 0.304. The van der Waals surface area contributed by atoms with Crippen molar-refractivity contribution < 1.29 is 18.8 Å². The van der Waals surface area contributed by atoms with Crippen LogP contribution in [-0.2, 0) is 6.61 Å². The number of nitrogens with zero attached hydrogens (tertiary/aromatic N) is 1. The lowest BCUT2D eigenvalue weighted by Crippen LogP contribution is -1.98. The smallest absolute Gasteiger partial charge is 0.175 e. The normalized spacial score (nSPS) is 10.1. The van der Waals surface area contributed by atoms with Gasteiger partial charge in [-0.05, 0) is 28.1 Å². The lowest BCUT2D eigenvalue weighted by atomic mass is 10.2. The molecule has 0 aliphatic rings. The minimum absolute atomic E-state index is 0.304. The van der Waals surface area contributed by atoms with Gasteiger partial charge in [0, 0.05) is 11.1 Å². The van der Waals surface area contributed by atoms with Crippen molar-refractivity contribution in [3.8, 4) is 11.5 Å². The van der Waals surface area contributed by atoms with Crippen LogP contribution in [0.5, 0.6) is 11.5 Å². The molecule has 0 aliphatic carbocycles. The molecule has 1 heterocycles. The van der Waals surface area contributed by atoms with E-state index in [1.807, 2.05) is 0 Å². The molecule has 5 nitrogen and oxygen atoms in total. The van der Waals surface area contributed by atoms with E-state index in [9.17, 15) is 4.79 Å². The van der Waals surface area contributed by atoms with E-state index in [1.54, 1.807) is 18.3 Å². The third kappa shape index (κ3) is 2.70. The molecule has 94 valence electrons. The summed E-state index contributed by atoms with van der Waals surface area (Å²) in [5, 5.41) is 3.58. The highest BCUT2D eigenvalue weighted by atomic mass is 79.9. The molecule has 0 bridgehead atoms. The van der Waals surface area contributed by atoms with E-state index in [0.717, 1.165) is 11.8 Å². The Balaban J connectivity index is 2.23. The van der Waals surface area contributed by atoms with Gasteiger partial charge >= 0.3 is 0 Å². The Morgan fingerprint density at radius 2 is 2.33 bits per heavy atom. The fourth-order valence-electron chi connectivity index (χ4n) is 1.40. The number of carbonyl (C=O) groups is 1. The molecule has 18 heavy (non-hydrogen) atoms. The molecule has 2 aromatic rings. The van der Waals surface area contributed by atoms with Gasteiger partial charge in [0.25, 0.3) is 0 Å². The summed E-state index contributed by atoms with van der Waals surface area (Å²) in [4.78, 5) is 10.7. The summed E-state index contributed by atoms with van der Waals surface area (Å²) in [5.74, 6) is 1.02. The van der Waals surface area contributed by atoms with Crippen LogP contribution in [0, 0.1) is 0 Å². The van der Waals surface area contributed by atoms with Crippen molar-refractivity contribution in [1.82, 2.24) is 5.16 Å². The molecule has 0 saturated carbocycles. The summed E-state index contributed by atoms with van der Waals surface area (Å²) in [6, 6.07) is 3.28. The van der Waals surface area contributed by atoms with Crippen molar-refractivity contribution in [3.05, 3.63) is 40.2 Å². The molecular formula is C12H10BrNO4. The van der Waals surface area contributed by atoms with Gasteiger partial charge in [-0.25, -0.2) is 0 Å². The molecule has 0 fully saturated rings. The number of methoxy groups -OCH3 is 1. The Morgan fingerprint density at radius 3 is 2.94 bits per heavy atom. The molecule has 0 N–H and O–H groups in total. The van der Waals surface area contributed by atoms with Gasteiger partial charge in [0.15, 0.2) is 11.5 Å². The van der Waals surface area contributed by atoms with Crippen LogP contribution in [-0.4, -0.2) is 18.6 Å². The van der Waals surface area contributed by atoms with Crippen LogP contribution in [0.4, 0.5) is 0 Å². The van der Waals surface area contributed by atoms with E-state index in [-0.39, 0.29) is 0 Å². The van der Waals surface area contributed by atoms with Gasteiger partial charge in [-0.3, -0.25) is 4.79 Å². The molecule has 1 aromatic heterocycles. The van der Waals surface area contributed by atoms with Crippen molar-refractivity contribution in [1.29, 1.82) is 0 Å². The quantitative estimate of drug-likeness (QED) is 0.795. The lowest BCUT2D eigenvalue weighted by molar-refractivity contribution is 0.112. The Morgan fingerprint density at radius 1 is 1.50 bits per heavy atom. The average Bonchev–Trinajstić information content (AvgIpc) is 2.89. The van der Waals surface area contributed by atoms with Crippen molar-refractivity contribution in [3.63, 3.8) is 0 Å². The first-order valence-corrected chi connectivity index (χ1v) is 5.87. The predicted molar refractivity (Wildman–Crippen MR) is 66.9 cm³/mol. The highest BCUT2D eigenvalue weighted by Gasteiger charge is 2.12. The maximum Gasteiger partial charge on any atom is 0.175 e. The van der Waals surface area contributed by atoms with Gasteiger partial charge in [0.2, 0.25) is 0 Å². The Kier molecular flexibility index (Phi) is 3.99. The number of ether oxygens (including phenoxy) is 2. The third-order valence-corrected chi connectivity index (χ3v) is 2.84. The van der Waals surface area contributed by atoms with Gasteiger partial charge in [-0.2, -0.15) is 0 Å². The summed E-state index contributed by atoms with van der Waals surface area (Å²) < 4.78 is 16.2. The molecule has 0 spiro atoms.